The van der Waals surface area contributed by atoms with Gasteiger partial charge in [0, 0.05) is 23.1 Å². The molecule has 1 unspecified atom stereocenters. The lowest BCUT2D eigenvalue weighted by molar-refractivity contribution is -0.141. The second-order valence-electron chi connectivity index (χ2n) is 4.80. The van der Waals surface area contributed by atoms with Crippen LogP contribution in [0.2, 0.25) is 0 Å². The number of benzene rings is 1. The quantitative estimate of drug-likeness (QED) is 0.913. The van der Waals surface area contributed by atoms with Crippen LogP contribution in [0.1, 0.15) is 22.3 Å². The molecule has 1 amide bonds. The van der Waals surface area contributed by atoms with Crippen LogP contribution < -0.4 is 0 Å². The van der Waals surface area contributed by atoms with Crippen LogP contribution in [0.15, 0.2) is 22.7 Å². The minimum Gasteiger partial charge on any atom is -0.481 e. The summed E-state index contributed by atoms with van der Waals surface area (Å²) in [5.74, 6) is -0.995. The van der Waals surface area contributed by atoms with Crippen molar-refractivity contribution in [1.82, 2.24) is 4.90 Å². The molecule has 2 rings (SSSR count). The average molecular weight is 342 g/mol. The van der Waals surface area contributed by atoms with Crippen LogP contribution in [-0.4, -0.2) is 47.7 Å². The summed E-state index contributed by atoms with van der Waals surface area (Å²) in [6, 6.07) is 5.56. The van der Waals surface area contributed by atoms with Gasteiger partial charge in [-0.25, -0.2) is 0 Å². The lowest BCUT2D eigenvalue weighted by atomic mass is 10.1. The SMILES string of the molecule is Cc1ccc(Br)cc1C(=O)N1CCOC(CC(=O)O)C1. The zero-order chi connectivity index (χ0) is 14.7. The molecule has 5 nitrogen and oxygen atoms in total. The Kier molecular flexibility index (Phi) is 4.77. The highest BCUT2D eigenvalue weighted by molar-refractivity contribution is 9.10. The van der Waals surface area contributed by atoms with E-state index in [4.69, 9.17) is 9.84 Å². The average Bonchev–Trinajstić information content (AvgIpc) is 2.40. The molecule has 0 aromatic heterocycles. The fraction of sp³-hybridized carbons (Fsp3) is 0.429. The van der Waals surface area contributed by atoms with Crippen molar-refractivity contribution >= 4 is 27.8 Å². The zero-order valence-electron chi connectivity index (χ0n) is 11.1. The monoisotopic (exact) mass is 341 g/mol. The molecule has 1 N–H and O–H groups in total. The van der Waals surface area contributed by atoms with E-state index < -0.39 is 12.1 Å². The van der Waals surface area contributed by atoms with Gasteiger partial charge < -0.3 is 14.7 Å². The van der Waals surface area contributed by atoms with Crippen LogP contribution >= 0.6 is 15.9 Å². The van der Waals surface area contributed by atoms with Crippen molar-refractivity contribution in [2.75, 3.05) is 19.7 Å². The van der Waals surface area contributed by atoms with Gasteiger partial charge in [-0.15, -0.1) is 0 Å². The Bertz CT molecular complexity index is 532. The molecule has 1 aliphatic rings. The van der Waals surface area contributed by atoms with Crippen LogP contribution in [0.5, 0.6) is 0 Å². The number of halogens is 1. The molecule has 1 aliphatic heterocycles. The zero-order valence-corrected chi connectivity index (χ0v) is 12.7. The standard InChI is InChI=1S/C14H16BrNO4/c1-9-2-3-10(15)6-12(9)14(19)16-4-5-20-11(8-16)7-13(17)18/h2-3,6,11H,4-5,7-8H2,1H3,(H,17,18). The first kappa shape index (κ1) is 15.0. The molecule has 0 aliphatic carbocycles. The Morgan fingerprint density at radius 1 is 1.50 bits per heavy atom. The van der Waals surface area contributed by atoms with Crippen LogP contribution in [-0.2, 0) is 9.53 Å². The predicted molar refractivity (Wildman–Crippen MR) is 76.8 cm³/mol. The third kappa shape index (κ3) is 3.58. The van der Waals surface area contributed by atoms with Crippen molar-refractivity contribution in [3.05, 3.63) is 33.8 Å². The lowest BCUT2D eigenvalue weighted by Crippen LogP contribution is -2.46. The molecule has 0 radical (unpaired) electrons. The second-order valence-corrected chi connectivity index (χ2v) is 5.72. The lowest BCUT2D eigenvalue weighted by Gasteiger charge is -2.32. The van der Waals surface area contributed by atoms with Crippen molar-refractivity contribution in [3.63, 3.8) is 0 Å². The van der Waals surface area contributed by atoms with Gasteiger partial charge in [0.05, 0.1) is 19.1 Å². The van der Waals surface area contributed by atoms with Gasteiger partial charge in [-0.3, -0.25) is 9.59 Å². The molecule has 1 heterocycles. The summed E-state index contributed by atoms with van der Waals surface area (Å²) in [6.45, 7) is 3.06. The summed E-state index contributed by atoms with van der Waals surface area (Å²) in [5, 5.41) is 8.80. The van der Waals surface area contributed by atoms with E-state index in [9.17, 15) is 9.59 Å². The molecule has 1 atom stereocenters. The number of aliphatic carboxylic acids is 1. The van der Waals surface area contributed by atoms with Gasteiger partial charge in [-0.1, -0.05) is 22.0 Å². The number of carboxylic acid groups (broad SMARTS) is 1. The summed E-state index contributed by atoms with van der Waals surface area (Å²) in [7, 11) is 0. The molecule has 1 saturated heterocycles. The molecule has 0 bridgehead atoms. The van der Waals surface area contributed by atoms with Crippen molar-refractivity contribution in [3.8, 4) is 0 Å². The predicted octanol–water partition coefficient (Wildman–Crippen LogP) is 2.07. The highest BCUT2D eigenvalue weighted by Gasteiger charge is 2.27. The van der Waals surface area contributed by atoms with Crippen molar-refractivity contribution in [2.24, 2.45) is 0 Å². The first-order valence-corrected chi connectivity index (χ1v) is 7.15. The third-order valence-corrected chi connectivity index (χ3v) is 3.75. The Morgan fingerprint density at radius 3 is 2.95 bits per heavy atom. The van der Waals surface area contributed by atoms with Gasteiger partial charge in [0.2, 0.25) is 0 Å². The number of rotatable bonds is 3. The summed E-state index contributed by atoms with van der Waals surface area (Å²) < 4.78 is 6.22. The van der Waals surface area contributed by atoms with E-state index in [1.165, 1.54) is 0 Å². The number of hydrogen-bond acceptors (Lipinski definition) is 3. The minimum absolute atomic E-state index is 0.0810. The van der Waals surface area contributed by atoms with E-state index in [0.29, 0.717) is 25.3 Å². The number of morpholine rings is 1. The summed E-state index contributed by atoms with van der Waals surface area (Å²) in [6.07, 6.45) is -0.515. The van der Waals surface area contributed by atoms with E-state index in [-0.39, 0.29) is 12.3 Å². The normalized spacial score (nSPS) is 18.9. The Labute approximate surface area is 125 Å². The maximum absolute atomic E-state index is 12.5. The fourth-order valence-electron chi connectivity index (χ4n) is 2.22. The molecule has 1 aromatic rings. The topological polar surface area (TPSA) is 66.8 Å². The number of aryl methyl sites for hydroxylation is 1. The van der Waals surface area contributed by atoms with Crippen LogP contribution in [0.4, 0.5) is 0 Å². The summed E-state index contributed by atoms with van der Waals surface area (Å²) >= 11 is 3.36. The molecule has 1 fully saturated rings. The highest BCUT2D eigenvalue weighted by atomic mass is 79.9. The molecular weight excluding hydrogens is 326 g/mol. The van der Waals surface area contributed by atoms with Crippen molar-refractivity contribution in [1.29, 1.82) is 0 Å². The Balaban J connectivity index is 2.12. The second kappa shape index (κ2) is 6.37. The number of nitrogens with zero attached hydrogens (tertiary/aromatic N) is 1. The number of hydrogen-bond donors (Lipinski definition) is 1. The van der Waals surface area contributed by atoms with Crippen molar-refractivity contribution < 1.29 is 19.4 Å². The van der Waals surface area contributed by atoms with E-state index in [1.807, 2.05) is 19.1 Å². The maximum atomic E-state index is 12.5. The first-order valence-electron chi connectivity index (χ1n) is 6.36. The Morgan fingerprint density at radius 2 is 2.25 bits per heavy atom. The maximum Gasteiger partial charge on any atom is 0.306 e. The third-order valence-electron chi connectivity index (χ3n) is 3.26. The molecule has 0 saturated carbocycles. The molecular formula is C14H16BrNO4. The smallest absolute Gasteiger partial charge is 0.306 e. The Hall–Kier alpha value is -1.40. The van der Waals surface area contributed by atoms with E-state index in [0.717, 1.165) is 10.0 Å². The largest absolute Gasteiger partial charge is 0.481 e. The van der Waals surface area contributed by atoms with Crippen LogP contribution in [0.25, 0.3) is 0 Å². The molecule has 6 heteroatoms. The van der Waals surface area contributed by atoms with Gasteiger partial charge in [0.15, 0.2) is 0 Å². The number of amides is 1. The first-order chi connectivity index (χ1) is 9.47. The minimum atomic E-state index is -0.914. The van der Waals surface area contributed by atoms with E-state index in [1.54, 1.807) is 11.0 Å². The molecule has 0 spiro atoms. The number of ether oxygens (including phenoxy) is 1. The highest BCUT2D eigenvalue weighted by Crippen LogP contribution is 2.19. The number of carbonyl (C=O) groups is 2. The fourth-order valence-corrected chi connectivity index (χ4v) is 2.58. The van der Waals surface area contributed by atoms with Gasteiger partial charge in [-0.2, -0.15) is 0 Å². The molecule has 108 valence electrons. The number of carboxylic acids is 1. The van der Waals surface area contributed by atoms with Crippen molar-refractivity contribution in [2.45, 2.75) is 19.4 Å². The number of carbonyl (C=O) groups excluding carboxylic acids is 1. The van der Waals surface area contributed by atoms with Gasteiger partial charge in [0.25, 0.3) is 5.91 Å². The van der Waals surface area contributed by atoms with E-state index >= 15 is 0 Å². The van der Waals surface area contributed by atoms with Gasteiger partial charge in [0.1, 0.15) is 0 Å². The van der Waals surface area contributed by atoms with Crippen LogP contribution in [0.3, 0.4) is 0 Å². The van der Waals surface area contributed by atoms with Gasteiger partial charge >= 0.3 is 5.97 Å². The molecule has 1 aromatic carbocycles. The summed E-state index contributed by atoms with van der Waals surface area (Å²) in [5.41, 5.74) is 1.54. The van der Waals surface area contributed by atoms with E-state index in [2.05, 4.69) is 15.9 Å². The van der Waals surface area contributed by atoms with Crippen LogP contribution in [0, 0.1) is 6.92 Å². The molecule has 20 heavy (non-hydrogen) atoms. The van der Waals surface area contributed by atoms with Gasteiger partial charge in [-0.05, 0) is 24.6 Å². The summed E-state index contributed by atoms with van der Waals surface area (Å²) in [4.78, 5) is 24.9.